The number of carbonyl (C=O) groups is 1. The molecule has 2 aromatic heterocycles. The SMILES string of the molecule is CCOC(=O)C1=C(c2ccccc2)N=c2s/c(=C\c3cn(Cc4ccc([N+](=O)[O-])cc4)c4ccccc34)c(=O)n2[C@H]1c1ccc(OC)cc1. The average Bonchev–Trinajstić information content (AvgIpc) is 3.63. The Labute approximate surface area is 284 Å². The molecule has 0 unspecified atom stereocenters. The summed E-state index contributed by atoms with van der Waals surface area (Å²) in [4.78, 5) is 44.3. The van der Waals surface area contributed by atoms with E-state index in [0.717, 1.165) is 27.6 Å². The molecular weight excluding hydrogens is 641 g/mol. The summed E-state index contributed by atoms with van der Waals surface area (Å²) in [5, 5.41) is 12.1. The molecule has 0 bridgehead atoms. The van der Waals surface area contributed by atoms with Gasteiger partial charge in [-0.2, -0.15) is 0 Å². The number of hydrogen-bond donors (Lipinski definition) is 0. The minimum atomic E-state index is -0.804. The topological polar surface area (TPSA) is 118 Å². The van der Waals surface area contributed by atoms with Gasteiger partial charge >= 0.3 is 5.97 Å². The summed E-state index contributed by atoms with van der Waals surface area (Å²) in [5.41, 5.74) is 4.59. The van der Waals surface area contributed by atoms with Crippen molar-refractivity contribution in [2.45, 2.75) is 19.5 Å². The Morgan fingerprint density at radius 3 is 2.39 bits per heavy atom. The number of nitro groups is 1. The Morgan fingerprint density at radius 1 is 0.980 bits per heavy atom. The van der Waals surface area contributed by atoms with Gasteiger partial charge in [0.25, 0.3) is 11.2 Å². The van der Waals surface area contributed by atoms with E-state index in [0.29, 0.717) is 32.9 Å². The fraction of sp³-hybridized carbons (Fsp3) is 0.132. The largest absolute Gasteiger partial charge is 0.497 e. The minimum absolute atomic E-state index is 0.0339. The second-order valence-corrected chi connectivity index (χ2v) is 12.4. The van der Waals surface area contributed by atoms with E-state index >= 15 is 0 Å². The fourth-order valence-corrected chi connectivity index (χ4v) is 7.12. The number of carbonyl (C=O) groups excluding carboxylic acids is 1. The Kier molecular flexibility index (Phi) is 8.50. The fourth-order valence-electron chi connectivity index (χ4n) is 6.12. The zero-order valence-corrected chi connectivity index (χ0v) is 27.4. The van der Waals surface area contributed by atoms with Crippen LogP contribution in [0, 0.1) is 10.1 Å². The monoisotopic (exact) mass is 670 g/mol. The van der Waals surface area contributed by atoms with Gasteiger partial charge in [-0.3, -0.25) is 19.5 Å². The molecule has 0 saturated carbocycles. The van der Waals surface area contributed by atoms with Crippen LogP contribution in [0.5, 0.6) is 5.75 Å². The molecule has 0 amide bonds. The molecule has 0 saturated heterocycles. The van der Waals surface area contributed by atoms with Gasteiger partial charge in [-0.05, 0) is 42.3 Å². The highest BCUT2D eigenvalue weighted by atomic mass is 32.1. The van der Waals surface area contributed by atoms with Crippen LogP contribution in [0.4, 0.5) is 5.69 Å². The maximum Gasteiger partial charge on any atom is 0.338 e. The van der Waals surface area contributed by atoms with Crippen LogP contribution in [-0.4, -0.2) is 33.7 Å². The van der Waals surface area contributed by atoms with E-state index < -0.39 is 16.9 Å². The van der Waals surface area contributed by atoms with E-state index in [2.05, 4.69) is 4.57 Å². The number of nitro benzene ring substituents is 1. The van der Waals surface area contributed by atoms with Gasteiger partial charge < -0.3 is 14.0 Å². The number of methoxy groups -OCH3 is 1. The zero-order valence-electron chi connectivity index (χ0n) is 26.6. The second kappa shape index (κ2) is 13.2. The number of fused-ring (bicyclic) bond motifs is 2. The molecule has 0 N–H and O–H groups in total. The highest BCUT2D eigenvalue weighted by molar-refractivity contribution is 7.07. The van der Waals surface area contributed by atoms with Crippen LogP contribution < -0.4 is 19.6 Å². The summed E-state index contributed by atoms with van der Waals surface area (Å²) in [7, 11) is 1.58. The minimum Gasteiger partial charge on any atom is -0.497 e. The van der Waals surface area contributed by atoms with E-state index in [4.69, 9.17) is 14.5 Å². The molecule has 1 aliphatic rings. The Bertz CT molecular complexity index is 2420. The van der Waals surface area contributed by atoms with Gasteiger partial charge in [0.05, 0.1) is 40.5 Å². The number of non-ortho nitro benzene ring substituents is 1. The Morgan fingerprint density at radius 2 is 1.69 bits per heavy atom. The number of para-hydroxylation sites is 1. The lowest BCUT2D eigenvalue weighted by atomic mass is 9.93. The van der Waals surface area contributed by atoms with Crippen LogP contribution in [0.1, 0.15) is 35.2 Å². The summed E-state index contributed by atoms with van der Waals surface area (Å²) in [6.07, 6.45) is 3.84. The van der Waals surface area contributed by atoms with Crippen molar-refractivity contribution in [3.63, 3.8) is 0 Å². The molecule has 4 aromatic carbocycles. The van der Waals surface area contributed by atoms with Crippen LogP contribution >= 0.6 is 11.3 Å². The third-order valence-corrected chi connectivity index (χ3v) is 9.39. The van der Waals surface area contributed by atoms with Crippen molar-refractivity contribution in [3.8, 4) is 5.75 Å². The van der Waals surface area contributed by atoms with Gasteiger partial charge in [-0.25, -0.2) is 9.79 Å². The molecule has 3 heterocycles. The summed E-state index contributed by atoms with van der Waals surface area (Å²) in [6.45, 7) is 2.39. The molecule has 10 nitrogen and oxygen atoms in total. The molecule has 0 fully saturated rings. The van der Waals surface area contributed by atoms with Crippen molar-refractivity contribution in [1.29, 1.82) is 0 Å². The lowest BCUT2D eigenvalue weighted by molar-refractivity contribution is -0.384. The van der Waals surface area contributed by atoms with Gasteiger partial charge in [0.1, 0.15) is 5.75 Å². The molecule has 0 spiro atoms. The Hall–Kier alpha value is -6.07. The summed E-state index contributed by atoms with van der Waals surface area (Å²) < 4.78 is 15.0. The van der Waals surface area contributed by atoms with Crippen molar-refractivity contribution < 1.29 is 19.2 Å². The van der Waals surface area contributed by atoms with E-state index in [-0.39, 0.29) is 23.4 Å². The first kappa shape index (κ1) is 31.5. The molecule has 244 valence electrons. The summed E-state index contributed by atoms with van der Waals surface area (Å²) >= 11 is 1.26. The first-order valence-corrected chi connectivity index (χ1v) is 16.4. The first-order valence-electron chi connectivity index (χ1n) is 15.6. The third kappa shape index (κ3) is 5.96. The quantitative estimate of drug-likeness (QED) is 0.108. The maximum atomic E-state index is 14.4. The average molecular weight is 671 g/mol. The van der Waals surface area contributed by atoms with E-state index in [1.807, 2.05) is 79.0 Å². The second-order valence-electron chi connectivity index (χ2n) is 11.4. The van der Waals surface area contributed by atoms with Gasteiger partial charge in [0.2, 0.25) is 0 Å². The highest BCUT2D eigenvalue weighted by Crippen LogP contribution is 2.36. The van der Waals surface area contributed by atoms with Crippen molar-refractivity contribution in [1.82, 2.24) is 9.13 Å². The van der Waals surface area contributed by atoms with Crippen molar-refractivity contribution >= 4 is 45.7 Å². The number of thiazole rings is 1. The number of aromatic nitrogens is 2. The number of benzene rings is 4. The van der Waals surface area contributed by atoms with Crippen LogP contribution in [0.2, 0.25) is 0 Å². The number of nitrogens with zero attached hydrogens (tertiary/aromatic N) is 4. The van der Waals surface area contributed by atoms with Crippen LogP contribution in [0.3, 0.4) is 0 Å². The van der Waals surface area contributed by atoms with Gasteiger partial charge in [0, 0.05) is 46.9 Å². The Balaban J connectivity index is 1.41. The smallest absolute Gasteiger partial charge is 0.338 e. The van der Waals surface area contributed by atoms with Crippen molar-refractivity contribution in [2.75, 3.05) is 13.7 Å². The van der Waals surface area contributed by atoms with Gasteiger partial charge in [-0.1, -0.05) is 84.1 Å². The zero-order chi connectivity index (χ0) is 34.1. The molecular formula is C38H30N4O6S. The standard InChI is InChI=1S/C38H30N4O6S/c1-3-48-37(44)33-34(25-9-5-4-6-10-25)39-38-41(35(33)26-15-19-29(47-2)20-16-26)36(43)32(49-38)21-27-23-40(31-12-8-7-11-30(27)31)22-24-13-17-28(18-14-24)42(45)46/h4-21,23,35H,3,22H2,1-2H3/b32-21-/t35-/m0/s1. The van der Waals surface area contributed by atoms with Crippen molar-refractivity contribution in [2.24, 2.45) is 4.99 Å². The molecule has 0 aliphatic carbocycles. The molecule has 11 heteroatoms. The van der Waals surface area contributed by atoms with E-state index in [9.17, 15) is 19.7 Å². The number of esters is 1. The van der Waals surface area contributed by atoms with Crippen LogP contribution in [0.15, 0.2) is 125 Å². The molecule has 1 atom stereocenters. The summed E-state index contributed by atoms with van der Waals surface area (Å²) in [6, 6.07) is 30.3. The third-order valence-electron chi connectivity index (χ3n) is 8.41. The first-order chi connectivity index (χ1) is 23.9. The van der Waals surface area contributed by atoms with Crippen molar-refractivity contribution in [3.05, 3.63) is 167 Å². The predicted octanol–water partition coefficient (Wildman–Crippen LogP) is 5.86. The molecule has 1 aliphatic heterocycles. The molecule has 49 heavy (non-hydrogen) atoms. The van der Waals surface area contributed by atoms with Crippen LogP contribution in [0.25, 0.3) is 22.7 Å². The van der Waals surface area contributed by atoms with Crippen LogP contribution in [-0.2, 0) is 16.1 Å². The van der Waals surface area contributed by atoms with Gasteiger partial charge in [0.15, 0.2) is 4.80 Å². The van der Waals surface area contributed by atoms with E-state index in [1.165, 1.54) is 23.5 Å². The highest BCUT2D eigenvalue weighted by Gasteiger charge is 2.35. The molecule has 6 aromatic rings. The molecule has 0 radical (unpaired) electrons. The number of ether oxygens (including phenoxy) is 2. The van der Waals surface area contributed by atoms with E-state index in [1.54, 1.807) is 42.9 Å². The lowest BCUT2D eigenvalue weighted by Crippen LogP contribution is -2.40. The number of rotatable bonds is 9. The molecule has 7 rings (SSSR count). The predicted molar refractivity (Wildman–Crippen MR) is 188 cm³/mol. The normalized spacial score (nSPS) is 14.4. The van der Waals surface area contributed by atoms with Gasteiger partial charge in [-0.15, -0.1) is 0 Å². The number of hydrogen-bond acceptors (Lipinski definition) is 8. The maximum absolute atomic E-state index is 14.4. The summed E-state index contributed by atoms with van der Waals surface area (Å²) in [5.74, 6) is 0.0979. The lowest BCUT2D eigenvalue weighted by Gasteiger charge is -2.26.